The predicted octanol–water partition coefficient (Wildman–Crippen LogP) is 10.4. The number of allylic oxidation sites excluding steroid dienone is 6. The van der Waals surface area contributed by atoms with Gasteiger partial charge in [-0.3, -0.25) is 9.98 Å². The minimum atomic E-state index is 1.07. The Labute approximate surface area is 208 Å². The molecule has 0 N–H and O–H groups in total. The maximum atomic E-state index is 3.88. The number of unbranched alkanes of at least 4 members (excludes halogenated alkanes) is 5. The first kappa shape index (κ1) is 37.8. The molecule has 1 aromatic carbocycles. The standard InChI is InChI=1S/C9H13N.C8H18.C7H8.C5H9N.C2H6/c1-4-6-9(7-5-2)8-10-3;1-3-5-7-8-6-4-2;1-7-5-3-2-4-6-7;1-3-5-6-4-2;1-2/h4-8H,1H2,2-3H3;3-8H2,1-2H3;2-6H,1H3;3-5H,1-2H3;1-2H3/b7-5-,9-6+,10-8?;;;5-3-,6-4?;. The molecular formula is C31H54N2. The van der Waals surface area contributed by atoms with E-state index in [0.29, 0.717) is 0 Å². The van der Waals surface area contributed by atoms with E-state index in [1.807, 2.05) is 77.1 Å². The van der Waals surface area contributed by atoms with Crippen LogP contribution in [0.1, 0.15) is 92.6 Å². The number of aliphatic imine (C=N–C) groups is 2. The van der Waals surface area contributed by atoms with Crippen LogP contribution in [0, 0.1) is 6.92 Å². The summed E-state index contributed by atoms with van der Waals surface area (Å²) in [5.74, 6) is 0. The van der Waals surface area contributed by atoms with Gasteiger partial charge in [0, 0.05) is 25.7 Å². The molecule has 0 saturated heterocycles. The monoisotopic (exact) mass is 454 g/mol. The molecule has 0 aliphatic heterocycles. The maximum absolute atomic E-state index is 3.88. The molecule has 0 bridgehead atoms. The summed E-state index contributed by atoms with van der Waals surface area (Å²) in [6.07, 6.45) is 23.3. The van der Waals surface area contributed by atoms with Crippen LogP contribution < -0.4 is 0 Å². The number of nitrogens with zero attached hydrogens (tertiary/aromatic N) is 2. The van der Waals surface area contributed by atoms with E-state index in [4.69, 9.17) is 0 Å². The third kappa shape index (κ3) is 44.1. The van der Waals surface area contributed by atoms with Gasteiger partial charge in [0.15, 0.2) is 0 Å². The highest BCUT2D eigenvalue weighted by Gasteiger charge is 1.83. The molecule has 0 radical (unpaired) electrons. The number of rotatable bonds is 9. The van der Waals surface area contributed by atoms with Crippen LogP contribution in [0.25, 0.3) is 0 Å². The lowest BCUT2D eigenvalue weighted by molar-refractivity contribution is 0.624. The molecule has 1 rings (SSSR count). The molecule has 2 nitrogen and oxygen atoms in total. The second kappa shape index (κ2) is 39.9. The third-order valence-corrected chi connectivity index (χ3v) is 3.73. The van der Waals surface area contributed by atoms with Crippen molar-refractivity contribution in [2.45, 2.75) is 93.9 Å². The van der Waals surface area contributed by atoms with Gasteiger partial charge in [-0.25, -0.2) is 0 Å². The second-order valence-corrected chi connectivity index (χ2v) is 6.75. The Morgan fingerprint density at radius 1 is 0.879 bits per heavy atom. The zero-order valence-electron chi connectivity index (χ0n) is 23.3. The van der Waals surface area contributed by atoms with Crippen molar-refractivity contribution in [3.8, 4) is 0 Å². The van der Waals surface area contributed by atoms with Crippen LogP contribution in [0.15, 0.2) is 89.0 Å². The summed E-state index contributed by atoms with van der Waals surface area (Å²) in [7, 11) is 1.75. The maximum Gasteiger partial charge on any atom is 0.0281 e. The van der Waals surface area contributed by atoms with Crippen molar-refractivity contribution in [3.05, 3.63) is 84.6 Å². The average Bonchev–Trinajstić information content (AvgIpc) is 2.84. The average molecular weight is 455 g/mol. The van der Waals surface area contributed by atoms with Crippen LogP contribution in [-0.2, 0) is 0 Å². The summed E-state index contributed by atoms with van der Waals surface area (Å²) in [5, 5.41) is 0. The molecule has 1 aromatic rings. The summed E-state index contributed by atoms with van der Waals surface area (Å²) < 4.78 is 0. The Morgan fingerprint density at radius 3 is 1.70 bits per heavy atom. The van der Waals surface area contributed by atoms with Crippen LogP contribution in [-0.4, -0.2) is 19.5 Å². The van der Waals surface area contributed by atoms with Gasteiger partial charge in [-0.2, -0.15) is 0 Å². The molecule has 0 spiro atoms. The van der Waals surface area contributed by atoms with Crippen LogP contribution in [0.3, 0.4) is 0 Å². The largest absolute Gasteiger partial charge is 0.296 e. The highest BCUT2D eigenvalue weighted by molar-refractivity contribution is 5.82. The zero-order valence-corrected chi connectivity index (χ0v) is 23.3. The SMILES string of the molecule is C=C/C=C(C=NC)\C=C/C.CC.CC=N/C=C\C.CCCCCCCC.Cc1ccccc1. The van der Waals surface area contributed by atoms with Gasteiger partial charge in [-0.15, -0.1) is 0 Å². The van der Waals surface area contributed by atoms with Gasteiger partial charge < -0.3 is 0 Å². The second-order valence-electron chi connectivity index (χ2n) is 6.75. The molecule has 0 unspecified atom stereocenters. The van der Waals surface area contributed by atoms with Gasteiger partial charge in [0.25, 0.3) is 0 Å². The van der Waals surface area contributed by atoms with Crippen LogP contribution in [0.2, 0.25) is 0 Å². The topological polar surface area (TPSA) is 24.7 Å². The van der Waals surface area contributed by atoms with Crippen LogP contribution in [0.5, 0.6) is 0 Å². The van der Waals surface area contributed by atoms with Gasteiger partial charge >= 0.3 is 0 Å². The molecule has 2 heteroatoms. The van der Waals surface area contributed by atoms with Gasteiger partial charge in [0.05, 0.1) is 0 Å². The minimum absolute atomic E-state index is 1.07. The Hall–Kier alpha value is -2.48. The molecule has 0 heterocycles. The van der Waals surface area contributed by atoms with Crippen molar-refractivity contribution in [2.24, 2.45) is 9.98 Å². The number of hydrogen-bond donors (Lipinski definition) is 0. The molecule has 0 fully saturated rings. The Kier molecular flexibility index (Phi) is 45.8. The Morgan fingerprint density at radius 2 is 1.42 bits per heavy atom. The number of hydrogen-bond acceptors (Lipinski definition) is 2. The fourth-order valence-corrected chi connectivity index (χ4v) is 2.18. The van der Waals surface area contributed by atoms with E-state index in [2.05, 4.69) is 49.5 Å². The van der Waals surface area contributed by atoms with Gasteiger partial charge in [-0.05, 0) is 33.3 Å². The van der Waals surface area contributed by atoms with Crippen LogP contribution in [0.4, 0.5) is 0 Å². The van der Waals surface area contributed by atoms with Crippen molar-refractivity contribution in [3.63, 3.8) is 0 Å². The van der Waals surface area contributed by atoms with E-state index in [9.17, 15) is 0 Å². The van der Waals surface area contributed by atoms with E-state index >= 15 is 0 Å². The molecule has 188 valence electrons. The quantitative estimate of drug-likeness (QED) is 0.201. The minimum Gasteiger partial charge on any atom is -0.296 e. The first-order valence-corrected chi connectivity index (χ1v) is 12.6. The molecule has 0 aliphatic rings. The van der Waals surface area contributed by atoms with E-state index in [-0.39, 0.29) is 0 Å². The first-order valence-electron chi connectivity index (χ1n) is 12.6. The van der Waals surface area contributed by atoms with Crippen molar-refractivity contribution in [1.82, 2.24) is 0 Å². The van der Waals surface area contributed by atoms with Crippen molar-refractivity contribution in [1.29, 1.82) is 0 Å². The van der Waals surface area contributed by atoms with Crippen molar-refractivity contribution >= 4 is 12.4 Å². The van der Waals surface area contributed by atoms with Crippen molar-refractivity contribution < 1.29 is 0 Å². The molecule has 0 aliphatic carbocycles. The summed E-state index contributed by atoms with van der Waals surface area (Å²) >= 11 is 0. The summed E-state index contributed by atoms with van der Waals surface area (Å²) in [5.41, 5.74) is 2.39. The zero-order chi connectivity index (χ0) is 26.0. The Bertz CT molecular complexity index is 575. The van der Waals surface area contributed by atoms with Gasteiger partial charge in [0.2, 0.25) is 0 Å². The summed E-state index contributed by atoms with van der Waals surface area (Å²) in [6.45, 7) is 20.0. The van der Waals surface area contributed by atoms with E-state index < -0.39 is 0 Å². The summed E-state index contributed by atoms with van der Waals surface area (Å²) in [4.78, 5) is 7.67. The smallest absolute Gasteiger partial charge is 0.0281 e. The first-order chi connectivity index (χ1) is 16.1. The highest BCUT2D eigenvalue weighted by Crippen LogP contribution is 2.03. The Balaban J connectivity index is -0.000000168. The van der Waals surface area contributed by atoms with E-state index in [1.54, 1.807) is 31.8 Å². The number of aryl methyl sites for hydroxylation is 1. The molecule has 0 aromatic heterocycles. The van der Waals surface area contributed by atoms with Gasteiger partial charge in [0.1, 0.15) is 0 Å². The van der Waals surface area contributed by atoms with E-state index in [1.165, 1.54) is 44.1 Å². The highest BCUT2D eigenvalue weighted by atomic mass is 14.6. The van der Waals surface area contributed by atoms with Crippen molar-refractivity contribution in [2.75, 3.05) is 7.05 Å². The van der Waals surface area contributed by atoms with Gasteiger partial charge in [-0.1, -0.05) is 139 Å². The molecule has 0 atom stereocenters. The number of benzene rings is 1. The third-order valence-electron chi connectivity index (χ3n) is 3.73. The lowest BCUT2D eigenvalue weighted by Crippen LogP contribution is -1.77. The fraction of sp³-hybridized carbons (Fsp3) is 0.484. The molecular weight excluding hydrogens is 400 g/mol. The lowest BCUT2D eigenvalue weighted by Gasteiger charge is -1.93. The lowest BCUT2D eigenvalue weighted by atomic mass is 10.1. The predicted molar refractivity (Wildman–Crippen MR) is 158 cm³/mol. The van der Waals surface area contributed by atoms with Crippen LogP contribution >= 0.6 is 0 Å². The molecule has 0 saturated carbocycles. The summed E-state index contributed by atoms with van der Waals surface area (Å²) in [6, 6.07) is 10.3. The fourth-order valence-electron chi connectivity index (χ4n) is 2.18. The van der Waals surface area contributed by atoms with E-state index in [0.717, 1.165) is 5.57 Å². The normalized spacial score (nSPS) is 10.5. The molecule has 0 amide bonds. The molecule has 33 heavy (non-hydrogen) atoms.